The lowest BCUT2D eigenvalue weighted by atomic mass is 10.2. The third kappa shape index (κ3) is 2.60. The van der Waals surface area contributed by atoms with Gasteiger partial charge in [0.15, 0.2) is 5.82 Å². The Labute approximate surface area is 149 Å². The van der Waals surface area contributed by atoms with E-state index in [-0.39, 0.29) is 0 Å². The molecule has 4 heterocycles. The van der Waals surface area contributed by atoms with E-state index in [2.05, 4.69) is 30.7 Å². The van der Waals surface area contributed by atoms with E-state index < -0.39 is 0 Å². The third-order valence-electron chi connectivity index (χ3n) is 5.05. The summed E-state index contributed by atoms with van der Waals surface area (Å²) in [5.74, 6) is 1.39. The Morgan fingerprint density at radius 2 is 2.00 bits per heavy atom. The van der Waals surface area contributed by atoms with Crippen molar-refractivity contribution in [3.8, 4) is 0 Å². The largest absolute Gasteiger partial charge is 0.339 e. The van der Waals surface area contributed by atoms with Crippen LogP contribution in [0.1, 0.15) is 12.8 Å². The second-order valence-corrected chi connectivity index (χ2v) is 7.02. The van der Waals surface area contributed by atoms with Gasteiger partial charge >= 0.3 is 0 Å². The molecule has 2 fully saturated rings. The number of rotatable bonds is 3. The molecule has 2 aliphatic heterocycles. The zero-order chi connectivity index (χ0) is 16.8. The third-order valence-corrected chi connectivity index (χ3v) is 5.32. The molecule has 3 N–H and O–H groups in total. The summed E-state index contributed by atoms with van der Waals surface area (Å²) >= 11 is 6.33. The van der Waals surface area contributed by atoms with Crippen molar-refractivity contribution in [1.29, 1.82) is 0 Å². The van der Waals surface area contributed by atoms with Gasteiger partial charge in [0, 0.05) is 36.2 Å². The molecule has 0 radical (unpaired) electrons. The number of nitrogens with zero attached hydrogens (tertiary/aromatic N) is 4. The van der Waals surface area contributed by atoms with Gasteiger partial charge in [0.05, 0.1) is 17.9 Å². The number of nitrogens with one attached hydrogen (secondary N) is 3. The van der Waals surface area contributed by atoms with Crippen LogP contribution in [0.4, 0.5) is 17.5 Å². The standard InChI is InChI=1S/C17H18ClN7/c18-14-9-20-17(25-12-2-3-13(25)8-19-7-12)23-16(14)22-11-1-4-15-10(5-11)6-21-24-15/h1,4-6,9,12-13,19H,2-3,7-8H2,(H,21,24)(H,20,22,23). The summed E-state index contributed by atoms with van der Waals surface area (Å²) in [7, 11) is 0. The van der Waals surface area contributed by atoms with Gasteiger partial charge in [-0.2, -0.15) is 10.1 Å². The Balaban J connectivity index is 1.46. The first-order chi connectivity index (χ1) is 12.3. The Hall–Kier alpha value is -2.38. The van der Waals surface area contributed by atoms with Crippen molar-refractivity contribution in [1.82, 2.24) is 25.5 Å². The fourth-order valence-electron chi connectivity index (χ4n) is 3.83. The number of hydrogen-bond acceptors (Lipinski definition) is 6. The van der Waals surface area contributed by atoms with E-state index in [9.17, 15) is 0 Å². The van der Waals surface area contributed by atoms with Crippen LogP contribution in [0.25, 0.3) is 10.9 Å². The molecular formula is C17H18ClN7. The first-order valence-electron chi connectivity index (χ1n) is 8.50. The zero-order valence-corrected chi connectivity index (χ0v) is 14.3. The molecule has 0 aliphatic carbocycles. The van der Waals surface area contributed by atoms with E-state index in [4.69, 9.17) is 16.6 Å². The molecule has 8 heteroatoms. The molecule has 128 valence electrons. The maximum Gasteiger partial charge on any atom is 0.227 e. The van der Waals surface area contributed by atoms with Gasteiger partial charge in [-0.25, -0.2) is 4.98 Å². The molecule has 2 atom stereocenters. The van der Waals surface area contributed by atoms with Gasteiger partial charge in [-0.15, -0.1) is 0 Å². The Morgan fingerprint density at radius 3 is 2.84 bits per heavy atom. The molecule has 5 rings (SSSR count). The molecule has 25 heavy (non-hydrogen) atoms. The molecule has 2 saturated heterocycles. The number of benzene rings is 1. The van der Waals surface area contributed by atoms with Gasteiger partial charge in [-0.3, -0.25) is 5.10 Å². The number of aromatic nitrogens is 4. The number of aromatic amines is 1. The molecular weight excluding hydrogens is 338 g/mol. The monoisotopic (exact) mass is 355 g/mol. The topological polar surface area (TPSA) is 81.8 Å². The average Bonchev–Trinajstić information content (AvgIpc) is 3.18. The molecule has 1 aromatic carbocycles. The normalized spacial score (nSPS) is 22.5. The summed E-state index contributed by atoms with van der Waals surface area (Å²) in [6.45, 7) is 1.98. The van der Waals surface area contributed by atoms with Gasteiger partial charge in [0.25, 0.3) is 0 Å². The van der Waals surface area contributed by atoms with Crippen molar-refractivity contribution >= 4 is 40.0 Å². The highest BCUT2D eigenvalue weighted by atomic mass is 35.5. The van der Waals surface area contributed by atoms with E-state index in [1.54, 1.807) is 12.4 Å². The Bertz CT molecular complexity index is 908. The lowest BCUT2D eigenvalue weighted by Gasteiger charge is -2.35. The fourth-order valence-corrected chi connectivity index (χ4v) is 3.97. The summed E-state index contributed by atoms with van der Waals surface area (Å²) in [5.41, 5.74) is 1.92. The summed E-state index contributed by atoms with van der Waals surface area (Å²) < 4.78 is 0. The average molecular weight is 356 g/mol. The van der Waals surface area contributed by atoms with E-state index in [1.165, 1.54) is 12.8 Å². The SMILES string of the molecule is Clc1cnc(N2C3CCC2CNC3)nc1Nc1ccc2[nH]ncc2c1. The van der Waals surface area contributed by atoms with Crippen LogP contribution in [0.3, 0.4) is 0 Å². The van der Waals surface area contributed by atoms with Crippen molar-refractivity contribution in [2.75, 3.05) is 23.3 Å². The van der Waals surface area contributed by atoms with Crippen molar-refractivity contribution < 1.29 is 0 Å². The Morgan fingerprint density at radius 1 is 1.16 bits per heavy atom. The van der Waals surface area contributed by atoms with Crippen LogP contribution in [0.15, 0.2) is 30.6 Å². The van der Waals surface area contributed by atoms with E-state index in [0.717, 1.165) is 35.6 Å². The number of halogens is 1. The van der Waals surface area contributed by atoms with Crippen LogP contribution in [-0.2, 0) is 0 Å². The van der Waals surface area contributed by atoms with Crippen LogP contribution in [0.5, 0.6) is 0 Å². The Kier molecular flexibility index (Phi) is 3.50. The van der Waals surface area contributed by atoms with Crippen LogP contribution < -0.4 is 15.5 Å². The molecule has 3 aromatic rings. The fraction of sp³-hybridized carbons (Fsp3) is 0.353. The maximum atomic E-state index is 6.33. The minimum Gasteiger partial charge on any atom is -0.339 e. The van der Waals surface area contributed by atoms with Crippen molar-refractivity contribution in [2.24, 2.45) is 0 Å². The van der Waals surface area contributed by atoms with Crippen molar-refractivity contribution in [3.05, 3.63) is 35.6 Å². The predicted molar refractivity (Wildman–Crippen MR) is 98.6 cm³/mol. The molecule has 2 aromatic heterocycles. The van der Waals surface area contributed by atoms with Crippen LogP contribution in [0.2, 0.25) is 5.02 Å². The number of fused-ring (bicyclic) bond motifs is 3. The lowest BCUT2D eigenvalue weighted by Crippen LogP contribution is -2.52. The number of hydrogen-bond donors (Lipinski definition) is 3. The minimum absolute atomic E-state index is 0.468. The number of piperazine rings is 1. The van der Waals surface area contributed by atoms with Crippen molar-refractivity contribution in [2.45, 2.75) is 24.9 Å². The highest BCUT2D eigenvalue weighted by Gasteiger charge is 2.38. The first-order valence-corrected chi connectivity index (χ1v) is 8.87. The number of H-pyrrole nitrogens is 1. The summed E-state index contributed by atoms with van der Waals surface area (Å²) in [6, 6.07) is 6.92. The smallest absolute Gasteiger partial charge is 0.227 e. The molecule has 0 saturated carbocycles. The first kappa shape index (κ1) is 14.9. The van der Waals surface area contributed by atoms with Gasteiger partial charge in [0.2, 0.25) is 5.95 Å². The highest BCUT2D eigenvalue weighted by molar-refractivity contribution is 6.32. The lowest BCUT2D eigenvalue weighted by molar-refractivity contribution is 0.477. The predicted octanol–water partition coefficient (Wildman–Crippen LogP) is 2.69. The van der Waals surface area contributed by atoms with Crippen LogP contribution >= 0.6 is 11.6 Å². The second-order valence-electron chi connectivity index (χ2n) is 6.61. The van der Waals surface area contributed by atoms with E-state index in [1.807, 2.05) is 18.2 Å². The minimum atomic E-state index is 0.468. The number of anilines is 3. The molecule has 2 bridgehead atoms. The summed E-state index contributed by atoms with van der Waals surface area (Å²) in [6.07, 6.45) is 5.85. The molecule has 0 amide bonds. The van der Waals surface area contributed by atoms with Crippen LogP contribution in [0, 0.1) is 0 Å². The maximum absolute atomic E-state index is 6.33. The zero-order valence-electron chi connectivity index (χ0n) is 13.5. The van der Waals surface area contributed by atoms with Crippen LogP contribution in [-0.4, -0.2) is 45.3 Å². The van der Waals surface area contributed by atoms with Gasteiger partial charge < -0.3 is 15.5 Å². The van der Waals surface area contributed by atoms with E-state index >= 15 is 0 Å². The molecule has 2 unspecified atom stereocenters. The second kappa shape index (κ2) is 5.86. The quantitative estimate of drug-likeness (QED) is 0.670. The van der Waals surface area contributed by atoms with Gasteiger partial charge in [0.1, 0.15) is 5.02 Å². The van der Waals surface area contributed by atoms with Gasteiger partial charge in [-0.1, -0.05) is 11.6 Å². The molecule has 0 spiro atoms. The molecule has 7 nitrogen and oxygen atoms in total. The summed E-state index contributed by atoms with van der Waals surface area (Å²) in [4.78, 5) is 11.6. The highest BCUT2D eigenvalue weighted by Crippen LogP contribution is 2.33. The van der Waals surface area contributed by atoms with Crippen molar-refractivity contribution in [3.63, 3.8) is 0 Å². The van der Waals surface area contributed by atoms with Gasteiger partial charge in [-0.05, 0) is 31.0 Å². The van der Waals surface area contributed by atoms with E-state index in [0.29, 0.717) is 22.9 Å². The summed E-state index contributed by atoms with van der Waals surface area (Å²) in [5, 5.41) is 15.3. The molecule has 2 aliphatic rings.